The van der Waals surface area contributed by atoms with E-state index in [4.69, 9.17) is 19.2 Å². The molecular weight excluding hydrogens is 512 g/mol. The second-order valence-corrected chi connectivity index (χ2v) is 10.9. The number of hydrogen-bond donors (Lipinski definition) is 2. The third kappa shape index (κ3) is 4.39. The topological polar surface area (TPSA) is 92.1 Å². The minimum atomic E-state index is 0.717. The number of aryl methyl sites for hydroxylation is 3. The lowest BCUT2D eigenvalue weighted by atomic mass is 9.97. The van der Waals surface area contributed by atoms with Gasteiger partial charge >= 0.3 is 0 Å². The van der Waals surface area contributed by atoms with Crippen molar-refractivity contribution in [2.45, 2.75) is 33.6 Å². The zero-order valence-corrected chi connectivity index (χ0v) is 24.0. The highest BCUT2D eigenvalue weighted by atomic mass is 16.5. The Labute approximate surface area is 238 Å². The van der Waals surface area contributed by atoms with Gasteiger partial charge in [-0.1, -0.05) is 35.5 Å². The number of ether oxygens (including phenoxy) is 1. The molecule has 6 aromatic rings. The molecule has 0 amide bonds. The van der Waals surface area contributed by atoms with E-state index in [9.17, 15) is 0 Å². The molecule has 0 unspecified atom stereocenters. The number of hydrogen-bond acceptors (Lipinski definition) is 7. The maximum atomic E-state index is 5.90. The number of rotatable bonds is 7. The van der Waals surface area contributed by atoms with Crippen LogP contribution in [0.25, 0.3) is 55.1 Å². The molecule has 1 aliphatic heterocycles. The molecule has 1 saturated heterocycles. The van der Waals surface area contributed by atoms with E-state index in [0.717, 1.165) is 85.7 Å². The molecule has 0 bridgehead atoms. The fraction of sp³-hybridized carbons (Fsp3) is 0.303. The van der Waals surface area contributed by atoms with Gasteiger partial charge in [-0.3, -0.25) is 0 Å². The van der Waals surface area contributed by atoms with Gasteiger partial charge in [-0.25, -0.2) is 9.97 Å². The average molecular weight is 547 g/mol. The summed E-state index contributed by atoms with van der Waals surface area (Å²) in [7, 11) is 1.70. The van der Waals surface area contributed by atoms with E-state index in [1.807, 2.05) is 20.8 Å². The van der Waals surface area contributed by atoms with Crippen molar-refractivity contribution < 1.29 is 9.26 Å². The number of aromatic amines is 1. The molecule has 208 valence electrons. The Bertz CT molecular complexity index is 1900. The molecular formula is C33H34N6O2. The van der Waals surface area contributed by atoms with Crippen LogP contribution in [0, 0.1) is 20.8 Å². The Balaban J connectivity index is 1.38. The van der Waals surface area contributed by atoms with Crippen LogP contribution in [0.2, 0.25) is 0 Å². The maximum Gasteiger partial charge on any atom is 0.142 e. The van der Waals surface area contributed by atoms with E-state index < -0.39 is 0 Å². The normalized spacial score (nSPS) is 14.0. The number of nitrogens with zero attached hydrogens (tertiary/aromatic N) is 4. The molecule has 41 heavy (non-hydrogen) atoms. The van der Waals surface area contributed by atoms with Crippen molar-refractivity contribution in [1.29, 1.82) is 0 Å². The molecule has 0 radical (unpaired) electrons. The van der Waals surface area contributed by atoms with Crippen molar-refractivity contribution in [2.24, 2.45) is 0 Å². The van der Waals surface area contributed by atoms with Gasteiger partial charge in [0, 0.05) is 46.2 Å². The number of benzene rings is 3. The molecule has 4 heterocycles. The van der Waals surface area contributed by atoms with E-state index >= 15 is 0 Å². The number of aromatic nitrogens is 4. The van der Waals surface area contributed by atoms with Crippen molar-refractivity contribution in [1.82, 2.24) is 25.0 Å². The molecule has 3 aromatic carbocycles. The monoisotopic (exact) mass is 546 g/mol. The summed E-state index contributed by atoms with van der Waals surface area (Å²) in [6.45, 7) is 10.2. The molecule has 3 aromatic heterocycles. The summed E-state index contributed by atoms with van der Waals surface area (Å²) in [5, 5.41) is 12.2. The lowest BCUT2D eigenvalue weighted by Crippen LogP contribution is -2.25. The zero-order valence-electron chi connectivity index (χ0n) is 24.0. The fourth-order valence-corrected chi connectivity index (χ4v) is 6.38. The molecule has 0 aliphatic carbocycles. The number of nitrogens with one attached hydrogen (secondary N) is 2. The van der Waals surface area contributed by atoms with E-state index in [1.54, 1.807) is 7.11 Å². The third-order valence-corrected chi connectivity index (χ3v) is 8.31. The van der Waals surface area contributed by atoms with Crippen LogP contribution in [0.5, 0.6) is 5.75 Å². The van der Waals surface area contributed by atoms with Crippen LogP contribution >= 0.6 is 0 Å². The summed E-state index contributed by atoms with van der Waals surface area (Å²) < 4.78 is 11.4. The first-order valence-electron chi connectivity index (χ1n) is 14.3. The van der Waals surface area contributed by atoms with Gasteiger partial charge in [0.2, 0.25) is 0 Å². The number of methoxy groups -OCH3 is 1. The van der Waals surface area contributed by atoms with Crippen LogP contribution in [0.3, 0.4) is 0 Å². The van der Waals surface area contributed by atoms with Gasteiger partial charge in [0.15, 0.2) is 0 Å². The van der Waals surface area contributed by atoms with Crippen LogP contribution in [-0.4, -0.2) is 58.3 Å². The highest BCUT2D eigenvalue weighted by Crippen LogP contribution is 2.42. The molecule has 1 fully saturated rings. The van der Waals surface area contributed by atoms with Crippen LogP contribution < -0.4 is 10.1 Å². The summed E-state index contributed by atoms with van der Waals surface area (Å²) in [6.07, 6.45) is 2.62. The van der Waals surface area contributed by atoms with Crippen molar-refractivity contribution in [2.75, 3.05) is 38.6 Å². The predicted molar refractivity (Wildman–Crippen MR) is 165 cm³/mol. The van der Waals surface area contributed by atoms with Crippen molar-refractivity contribution in [3.63, 3.8) is 0 Å². The Kier molecular flexibility index (Phi) is 6.35. The molecule has 0 atom stereocenters. The summed E-state index contributed by atoms with van der Waals surface area (Å²) in [5.41, 5.74) is 7.61. The quantitative estimate of drug-likeness (QED) is 0.222. The SMILES string of the molecule is COc1cc2c(cc1-c1c(C)noc1C)[nH]c1nc(C)nc(-c3ccc(NCCN4CCCC4)c4ccccc34)c12. The summed E-state index contributed by atoms with van der Waals surface area (Å²) in [6, 6.07) is 17.1. The highest BCUT2D eigenvalue weighted by molar-refractivity contribution is 6.16. The van der Waals surface area contributed by atoms with Crippen LogP contribution in [0.15, 0.2) is 53.1 Å². The predicted octanol–water partition coefficient (Wildman–Crippen LogP) is 7.03. The summed E-state index contributed by atoms with van der Waals surface area (Å²) in [4.78, 5) is 15.9. The number of H-pyrrole nitrogens is 1. The molecule has 7 rings (SSSR count). The van der Waals surface area contributed by atoms with Gasteiger partial charge in [0.05, 0.1) is 29.4 Å². The smallest absolute Gasteiger partial charge is 0.142 e. The van der Waals surface area contributed by atoms with Crippen LogP contribution in [0.4, 0.5) is 5.69 Å². The van der Waals surface area contributed by atoms with E-state index in [1.165, 1.54) is 31.3 Å². The van der Waals surface area contributed by atoms with Gasteiger partial charge in [0.25, 0.3) is 0 Å². The lowest BCUT2D eigenvalue weighted by molar-refractivity contribution is 0.353. The summed E-state index contributed by atoms with van der Waals surface area (Å²) >= 11 is 0. The molecule has 8 nitrogen and oxygen atoms in total. The first-order chi connectivity index (χ1) is 20.0. The number of anilines is 1. The Morgan fingerprint density at radius 2 is 1.76 bits per heavy atom. The Morgan fingerprint density at radius 1 is 0.951 bits per heavy atom. The van der Waals surface area contributed by atoms with E-state index in [-0.39, 0.29) is 0 Å². The molecule has 1 aliphatic rings. The van der Waals surface area contributed by atoms with Gasteiger partial charge in [-0.05, 0) is 70.3 Å². The summed E-state index contributed by atoms with van der Waals surface area (Å²) in [5.74, 6) is 2.23. The fourth-order valence-electron chi connectivity index (χ4n) is 6.38. The first kappa shape index (κ1) is 25.5. The van der Waals surface area contributed by atoms with Crippen molar-refractivity contribution >= 4 is 38.4 Å². The van der Waals surface area contributed by atoms with Crippen molar-refractivity contribution in [3.8, 4) is 28.1 Å². The number of likely N-dealkylation sites (tertiary alicyclic amines) is 1. The lowest BCUT2D eigenvalue weighted by Gasteiger charge is -2.17. The van der Waals surface area contributed by atoms with Crippen LogP contribution in [-0.2, 0) is 0 Å². The Morgan fingerprint density at radius 3 is 2.51 bits per heavy atom. The average Bonchev–Trinajstić information content (AvgIpc) is 3.70. The van der Waals surface area contributed by atoms with Crippen LogP contribution in [0.1, 0.15) is 30.1 Å². The maximum absolute atomic E-state index is 5.90. The van der Waals surface area contributed by atoms with E-state index in [2.05, 4.69) is 68.9 Å². The second-order valence-electron chi connectivity index (χ2n) is 10.9. The second kappa shape index (κ2) is 10.2. The Hall–Kier alpha value is -4.43. The standard InChI is InChI=1S/C33H34N6O2/c1-19-30(20(2)41-38-19)26-17-28-25(18-29(26)40-4)31-32(35-21(3)36-33(31)37-28)24-11-12-27(23-10-6-5-9-22(23)24)34-13-16-39-14-7-8-15-39/h5-6,9-12,17-18,34H,7-8,13-16H2,1-4H3,(H,35,36,37). The molecule has 8 heteroatoms. The van der Waals surface area contributed by atoms with E-state index in [0.29, 0.717) is 5.82 Å². The molecule has 0 spiro atoms. The molecule has 2 N–H and O–H groups in total. The largest absolute Gasteiger partial charge is 0.496 e. The van der Waals surface area contributed by atoms with Gasteiger partial charge in [-0.15, -0.1) is 0 Å². The number of fused-ring (bicyclic) bond motifs is 4. The van der Waals surface area contributed by atoms with Gasteiger partial charge < -0.3 is 24.5 Å². The highest BCUT2D eigenvalue weighted by Gasteiger charge is 2.22. The minimum absolute atomic E-state index is 0.717. The third-order valence-electron chi connectivity index (χ3n) is 8.31. The zero-order chi connectivity index (χ0) is 28.1. The first-order valence-corrected chi connectivity index (χ1v) is 14.3. The van der Waals surface area contributed by atoms with Crippen molar-refractivity contribution in [3.05, 3.63) is 65.8 Å². The minimum Gasteiger partial charge on any atom is -0.496 e. The van der Waals surface area contributed by atoms with Gasteiger partial charge in [-0.2, -0.15) is 0 Å². The van der Waals surface area contributed by atoms with Gasteiger partial charge in [0.1, 0.15) is 23.0 Å². The molecule has 0 saturated carbocycles.